The number of ether oxygens (including phenoxy) is 1. The molecule has 5 nitrogen and oxygen atoms in total. The molecule has 9 heteroatoms. The Labute approximate surface area is 214 Å². The van der Waals surface area contributed by atoms with E-state index in [0.717, 1.165) is 24.5 Å². The van der Waals surface area contributed by atoms with Gasteiger partial charge < -0.3 is 4.74 Å². The second-order valence-corrected chi connectivity index (χ2v) is 9.97. The van der Waals surface area contributed by atoms with Gasteiger partial charge >= 0.3 is 0 Å². The molecule has 0 spiro atoms. The van der Waals surface area contributed by atoms with E-state index in [-0.39, 0.29) is 5.56 Å². The van der Waals surface area contributed by atoms with Gasteiger partial charge in [-0.15, -0.1) is 0 Å². The summed E-state index contributed by atoms with van der Waals surface area (Å²) in [6.45, 7) is 2.15. The third-order valence-electron chi connectivity index (χ3n) is 4.61. The summed E-state index contributed by atoms with van der Waals surface area (Å²) in [7, 11) is 0. The van der Waals surface area contributed by atoms with Crippen LogP contribution >= 0.6 is 59.4 Å². The van der Waals surface area contributed by atoms with Crippen LogP contribution in [-0.4, -0.2) is 15.9 Å². The molecule has 0 aliphatic carbocycles. The first-order valence-corrected chi connectivity index (χ1v) is 12.2. The highest BCUT2D eigenvalue weighted by Gasteiger charge is 2.11. The minimum Gasteiger partial charge on any atom is -0.487 e. The van der Waals surface area contributed by atoms with E-state index in [1.165, 1.54) is 4.68 Å². The van der Waals surface area contributed by atoms with Crippen LogP contribution in [-0.2, 0) is 6.61 Å². The molecule has 0 unspecified atom stereocenters. The Morgan fingerprint density at radius 1 is 1.06 bits per heavy atom. The van der Waals surface area contributed by atoms with E-state index in [4.69, 9.17) is 16.3 Å². The lowest BCUT2D eigenvalue weighted by Crippen LogP contribution is -2.20. The van der Waals surface area contributed by atoms with Crippen molar-refractivity contribution in [2.24, 2.45) is 5.10 Å². The van der Waals surface area contributed by atoms with Crippen molar-refractivity contribution >= 4 is 76.5 Å². The third kappa shape index (κ3) is 5.14. The monoisotopic (exact) mass is 637 g/mol. The zero-order valence-corrected chi connectivity index (χ0v) is 22.2. The SMILES string of the molecule is Cc1nc2ccc(Br)cc2c(=O)n1N=Cc1cc(Br)c(OCc2ccc(Cl)cc2)c(Br)c1. The van der Waals surface area contributed by atoms with E-state index < -0.39 is 0 Å². The fraction of sp³-hybridized carbons (Fsp3) is 0.0870. The van der Waals surface area contributed by atoms with Gasteiger partial charge in [0, 0.05) is 9.50 Å². The number of hydrogen-bond donors (Lipinski definition) is 0. The molecule has 162 valence electrons. The van der Waals surface area contributed by atoms with Crippen LogP contribution in [0.2, 0.25) is 5.02 Å². The van der Waals surface area contributed by atoms with Crippen molar-refractivity contribution in [1.29, 1.82) is 0 Å². The number of rotatable bonds is 5. The fourth-order valence-corrected chi connectivity index (χ4v) is 4.99. The lowest BCUT2D eigenvalue weighted by molar-refractivity contribution is 0.302. The van der Waals surface area contributed by atoms with Crippen molar-refractivity contribution in [3.05, 3.63) is 100 Å². The molecule has 3 aromatic carbocycles. The average Bonchev–Trinajstić information content (AvgIpc) is 2.75. The first kappa shape index (κ1) is 23.2. The summed E-state index contributed by atoms with van der Waals surface area (Å²) >= 11 is 16.4. The minimum absolute atomic E-state index is 0.230. The Morgan fingerprint density at radius 3 is 2.44 bits per heavy atom. The summed E-state index contributed by atoms with van der Waals surface area (Å²) in [5.74, 6) is 1.17. The predicted molar refractivity (Wildman–Crippen MR) is 139 cm³/mol. The van der Waals surface area contributed by atoms with Crippen LogP contribution in [0.25, 0.3) is 10.9 Å². The Balaban J connectivity index is 1.60. The van der Waals surface area contributed by atoms with E-state index in [1.807, 2.05) is 42.5 Å². The number of nitrogens with zero attached hydrogens (tertiary/aromatic N) is 3. The van der Waals surface area contributed by atoms with E-state index in [0.29, 0.717) is 34.1 Å². The summed E-state index contributed by atoms with van der Waals surface area (Å²) in [5, 5.41) is 5.55. The van der Waals surface area contributed by atoms with E-state index in [2.05, 4.69) is 57.9 Å². The summed E-state index contributed by atoms with van der Waals surface area (Å²) < 4.78 is 9.57. The highest BCUT2D eigenvalue weighted by molar-refractivity contribution is 9.11. The maximum Gasteiger partial charge on any atom is 0.282 e. The molecule has 4 rings (SSSR count). The van der Waals surface area contributed by atoms with Gasteiger partial charge in [-0.2, -0.15) is 9.78 Å². The van der Waals surface area contributed by atoms with Crippen molar-refractivity contribution in [2.75, 3.05) is 0 Å². The quantitative estimate of drug-likeness (QED) is 0.219. The molecule has 0 bridgehead atoms. The normalized spacial score (nSPS) is 11.4. The molecule has 1 heterocycles. The van der Waals surface area contributed by atoms with Crippen molar-refractivity contribution in [2.45, 2.75) is 13.5 Å². The lowest BCUT2D eigenvalue weighted by Gasteiger charge is -2.11. The van der Waals surface area contributed by atoms with Crippen LogP contribution in [0, 0.1) is 6.92 Å². The number of halogens is 4. The third-order valence-corrected chi connectivity index (χ3v) is 6.53. The van der Waals surface area contributed by atoms with E-state index >= 15 is 0 Å². The maximum atomic E-state index is 12.9. The van der Waals surface area contributed by atoms with E-state index in [9.17, 15) is 4.79 Å². The summed E-state index contributed by atoms with van der Waals surface area (Å²) in [6, 6.07) is 16.6. The number of fused-ring (bicyclic) bond motifs is 1. The van der Waals surface area contributed by atoms with Gasteiger partial charge in [-0.1, -0.05) is 39.7 Å². The Bertz CT molecular complexity index is 1380. The predicted octanol–water partition coefficient (Wildman–Crippen LogP) is 7.11. The molecule has 0 saturated heterocycles. The smallest absolute Gasteiger partial charge is 0.282 e. The molecular formula is C23H15Br3ClN3O2. The standard InChI is InChI=1S/C23H15Br3ClN3O2/c1-13-29-21-7-4-16(24)10-18(21)23(31)30(13)28-11-15-8-19(25)22(20(26)9-15)32-12-14-2-5-17(27)6-3-14/h2-11H,12H2,1H3. The first-order chi connectivity index (χ1) is 15.3. The summed E-state index contributed by atoms with van der Waals surface area (Å²) in [5.41, 5.74) is 2.19. The molecular weight excluding hydrogens is 625 g/mol. The fourth-order valence-electron chi connectivity index (χ4n) is 3.05. The largest absolute Gasteiger partial charge is 0.487 e. The molecule has 32 heavy (non-hydrogen) atoms. The second kappa shape index (κ2) is 9.87. The molecule has 0 N–H and O–H groups in total. The topological polar surface area (TPSA) is 56.5 Å². The molecule has 0 aliphatic rings. The van der Waals surface area contributed by atoms with Crippen LogP contribution in [0.3, 0.4) is 0 Å². The number of benzene rings is 3. The van der Waals surface area contributed by atoms with Crippen molar-refractivity contribution in [3.8, 4) is 5.75 Å². The van der Waals surface area contributed by atoms with Crippen molar-refractivity contribution < 1.29 is 4.74 Å². The summed E-state index contributed by atoms with van der Waals surface area (Å²) in [4.78, 5) is 17.4. The number of aromatic nitrogens is 2. The highest BCUT2D eigenvalue weighted by Crippen LogP contribution is 2.35. The molecule has 0 radical (unpaired) electrons. The van der Waals surface area contributed by atoms with Crippen molar-refractivity contribution in [1.82, 2.24) is 9.66 Å². The molecule has 0 amide bonds. The molecule has 0 atom stereocenters. The molecule has 0 saturated carbocycles. The van der Waals surface area contributed by atoms with Gasteiger partial charge in [-0.3, -0.25) is 4.79 Å². The lowest BCUT2D eigenvalue weighted by atomic mass is 10.2. The Hall–Kier alpha value is -2.00. The van der Waals surface area contributed by atoms with E-state index in [1.54, 1.807) is 25.3 Å². The van der Waals surface area contributed by atoms with Gasteiger partial charge in [-0.05, 0) is 92.4 Å². The van der Waals surface area contributed by atoms with Crippen molar-refractivity contribution in [3.63, 3.8) is 0 Å². The van der Waals surface area contributed by atoms with Gasteiger partial charge in [-0.25, -0.2) is 4.98 Å². The minimum atomic E-state index is -0.230. The van der Waals surface area contributed by atoms with Crippen LogP contribution in [0.15, 0.2) is 77.9 Å². The maximum absolute atomic E-state index is 12.9. The van der Waals surface area contributed by atoms with Gasteiger partial charge in [0.1, 0.15) is 18.2 Å². The first-order valence-electron chi connectivity index (χ1n) is 9.41. The number of hydrogen-bond acceptors (Lipinski definition) is 4. The average molecular weight is 641 g/mol. The van der Waals surface area contributed by atoms with Crippen LogP contribution in [0.1, 0.15) is 17.0 Å². The van der Waals surface area contributed by atoms with Gasteiger partial charge in [0.25, 0.3) is 5.56 Å². The summed E-state index contributed by atoms with van der Waals surface area (Å²) in [6.07, 6.45) is 1.61. The highest BCUT2D eigenvalue weighted by atomic mass is 79.9. The van der Waals surface area contributed by atoms with Crippen LogP contribution < -0.4 is 10.3 Å². The number of aryl methyl sites for hydroxylation is 1. The Morgan fingerprint density at radius 2 is 1.75 bits per heavy atom. The van der Waals surface area contributed by atoms with Gasteiger partial charge in [0.05, 0.1) is 26.1 Å². The van der Waals surface area contributed by atoms with Crippen LogP contribution in [0.5, 0.6) is 5.75 Å². The molecule has 1 aromatic heterocycles. The molecule has 0 fully saturated rings. The zero-order valence-electron chi connectivity index (χ0n) is 16.7. The van der Waals surface area contributed by atoms with Crippen LogP contribution in [0.4, 0.5) is 0 Å². The molecule has 0 aliphatic heterocycles. The second-order valence-electron chi connectivity index (χ2n) is 6.91. The Kier molecular flexibility index (Phi) is 7.14. The van der Waals surface area contributed by atoms with Gasteiger partial charge in [0.2, 0.25) is 0 Å². The van der Waals surface area contributed by atoms with Gasteiger partial charge in [0.15, 0.2) is 0 Å². The molecule has 4 aromatic rings. The zero-order chi connectivity index (χ0) is 22.8.